The topological polar surface area (TPSA) is 15.3 Å². The van der Waals surface area contributed by atoms with Gasteiger partial charge in [0.1, 0.15) is 0 Å². The third-order valence-corrected chi connectivity index (χ3v) is 4.04. The van der Waals surface area contributed by atoms with Gasteiger partial charge in [-0.05, 0) is 50.9 Å². The third kappa shape index (κ3) is 3.82. The molecule has 2 rings (SSSR count). The van der Waals surface area contributed by atoms with Crippen LogP contribution in [0.4, 0.5) is 0 Å². The van der Waals surface area contributed by atoms with Gasteiger partial charge >= 0.3 is 0 Å². The van der Waals surface area contributed by atoms with Crippen molar-refractivity contribution in [1.82, 2.24) is 10.2 Å². The predicted molar refractivity (Wildman–Crippen MR) is 77.7 cm³/mol. The van der Waals surface area contributed by atoms with E-state index in [4.69, 9.17) is 0 Å². The van der Waals surface area contributed by atoms with E-state index in [0.717, 1.165) is 6.54 Å². The highest BCUT2D eigenvalue weighted by atomic mass is 15.1. The molecule has 1 N–H and O–H groups in total. The lowest BCUT2D eigenvalue weighted by Crippen LogP contribution is -2.41. The summed E-state index contributed by atoms with van der Waals surface area (Å²) in [5, 5.41) is 3.45. The standard InChI is InChI=1S/C16H26N2/c1-14-4-6-15(7-5-14)12-18(3)13-16(2)8-10-17-11-9-16/h4-7,17H,8-13H2,1-3H3. The fraction of sp³-hybridized carbons (Fsp3) is 0.625. The highest BCUT2D eigenvalue weighted by molar-refractivity contribution is 5.21. The first-order valence-electron chi connectivity index (χ1n) is 7.02. The molecule has 1 aromatic carbocycles. The average Bonchev–Trinajstić information content (AvgIpc) is 2.32. The van der Waals surface area contributed by atoms with Crippen molar-refractivity contribution in [1.29, 1.82) is 0 Å². The van der Waals surface area contributed by atoms with E-state index in [0.29, 0.717) is 5.41 Å². The molecule has 0 saturated carbocycles. The molecule has 0 atom stereocenters. The van der Waals surface area contributed by atoms with Crippen LogP contribution in [0.3, 0.4) is 0 Å². The first-order chi connectivity index (χ1) is 8.57. The van der Waals surface area contributed by atoms with Crippen molar-refractivity contribution in [3.8, 4) is 0 Å². The Labute approximate surface area is 111 Å². The molecule has 0 unspecified atom stereocenters. The maximum absolute atomic E-state index is 3.45. The molecule has 0 radical (unpaired) electrons. The molecule has 0 aromatic heterocycles. The summed E-state index contributed by atoms with van der Waals surface area (Å²) in [6.45, 7) is 9.18. The second-order valence-electron chi connectivity index (χ2n) is 6.22. The van der Waals surface area contributed by atoms with Gasteiger partial charge in [-0.1, -0.05) is 36.8 Å². The van der Waals surface area contributed by atoms with E-state index >= 15 is 0 Å². The van der Waals surface area contributed by atoms with Gasteiger partial charge in [-0.3, -0.25) is 0 Å². The zero-order chi connectivity index (χ0) is 13.0. The number of nitrogens with zero attached hydrogens (tertiary/aromatic N) is 1. The largest absolute Gasteiger partial charge is 0.317 e. The zero-order valence-corrected chi connectivity index (χ0v) is 12.0. The van der Waals surface area contributed by atoms with Crippen LogP contribution in [0.15, 0.2) is 24.3 Å². The number of benzene rings is 1. The molecule has 18 heavy (non-hydrogen) atoms. The number of hydrogen-bond acceptors (Lipinski definition) is 2. The summed E-state index contributed by atoms with van der Waals surface area (Å²) in [6.07, 6.45) is 2.59. The van der Waals surface area contributed by atoms with Crippen molar-refractivity contribution in [3.05, 3.63) is 35.4 Å². The maximum atomic E-state index is 3.45. The van der Waals surface area contributed by atoms with Gasteiger partial charge in [-0.15, -0.1) is 0 Å². The molecule has 0 bridgehead atoms. The molecule has 2 nitrogen and oxygen atoms in total. The monoisotopic (exact) mass is 246 g/mol. The lowest BCUT2D eigenvalue weighted by molar-refractivity contribution is 0.143. The smallest absolute Gasteiger partial charge is 0.0230 e. The summed E-state index contributed by atoms with van der Waals surface area (Å²) in [4.78, 5) is 2.47. The van der Waals surface area contributed by atoms with E-state index in [9.17, 15) is 0 Å². The lowest BCUT2D eigenvalue weighted by Gasteiger charge is -2.37. The molecule has 0 spiro atoms. The number of rotatable bonds is 4. The number of aryl methyl sites for hydroxylation is 1. The van der Waals surface area contributed by atoms with Crippen molar-refractivity contribution in [2.75, 3.05) is 26.7 Å². The molecule has 2 heteroatoms. The van der Waals surface area contributed by atoms with Crippen LogP contribution in [0.1, 0.15) is 30.9 Å². The molecule has 1 aromatic rings. The minimum Gasteiger partial charge on any atom is -0.317 e. The van der Waals surface area contributed by atoms with E-state index in [1.807, 2.05) is 0 Å². The molecule has 1 heterocycles. The van der Waals surface area contributed by atoms with Gasteiger partial charge in [0.25, 0.3) is 0 Å². The molecular formula is C16H26N2. The minimum atomic E-state index is 0.491. The fourth-order valence-corrected chi connectivity index (χ4v) is 2.90. The van der Waals surface area contributed by atoms with E-state index in [1.165, 1.54) is 43.6 Å². The highest BCUT2D eigenvalue weighted by Crippen LogP contribution is 2.28. The minimum absolute atomic E-state index is 0.491. The highest BCUT2D eigenvalue weighted by Gasteiger charge is 2.27. The Morgan fingerprint density at radius 1 is 1.17 bits per heavy atom. The Balaban J connectivity index is 1.87. The van der Waals surface area contributed by atoms with E-state index in [-0.39, 0.29) is 0 Å². The molecular weight excluding hydrogens is 220 g/mol. The normalized spacial score (nSPS) is 19.1. The van der Waals surface area contributed by atoms with Crippen LogP contribution in [0, 0.1) is 12.3 Å². The van der Waals surface area contributed by atoms with E-state index in [1.54, 1.807) is 0 Å². The van der Waals surface area contributed by atoms with E-state index in [2.05, 4.69) is 55.4 Å². The van der Waals surface area contributed by atoms with Gasteiger partial charge < -0.3 is 10.2 Å². The lowest BCUT2D eigenvalue weighted by atomic mass is 9.80. The van der Waals surface area contributed by atoms with E-state index < -0.39 is 0 Å². The van der Waals surface area contributed by atoms with Crippen molar-refractivity contribution in [3.63, 3.8) is 0 Å². The van der Waals surface area contributed by atoms with Crippen LogP contribution >= 0.6 is 0 Å². The number of piperidine rings is 1. The van der Waals surface area contributed by atoms with Crippen molar-refractivity contribution in [2.24, 2.45) is 5.41 Å². The first kappa shape index (κ1) is 13.6. The van der Waals surface area contributed by atoms with Crippen molar-refractivity contribution < 1.29 is 0 Å². The average molecular weight is 246 g/mol. The molecule has 100 valence electrons. The van der Waals surface area contributed by atoms with Gasteiger partial charge in [0.2, 0.25) is 0 Å². The Morgan fingerprint density at radius 3 is 2.39 bits per heavy atom. The van der Waals surface area contributed by atoms with Crippen LogP contribution < -0.4 is 5.32 Å². The van der Waals surface area contributed by atoms with Crippen LogP contribution in [0.25, 0.3) is 0 Å². The van der Waals surface area contributed by atoms with Gasteiger partial charge in [0, 0.05) is 13.1 Å². The maximum Gasteiger partial charge on any atom is 0.0230 e. The molecule has 1 fully saturated rings. The van der Waals surface area contributed by atoms with Gasteiger partial charge in [-0.25, -0.2) is 0 Å². The first-order valence-corrected chi connectivity index (χ1v) is 7.02. The Kier molecular flexibility index (Phi) is 4.41. The summed E-state index contributed by atoms with van der Waals surface area (Å²) in [7, 11) is 2.24. The summed E-state index contributed by atoms with van der Waals surface area (Å²) < 4.78 is 0. The molecule has 0 amide bonds. The Morgan fingerprint density at radius 2 is 1.78 bits per heavy atom. The Bertz CT molecular complexity index is 363. The molecule has 1 aliphatic rings. The quantitative estimate of drug-likeness (QED) is 0.879. The molecule has 1 saturated heterocycles. The van der Waals surface area contributed by atoms with Crippen LogP contribution in [-0.4, -0.2) is 31.6 Å². The predicted octanol–water partition coefficient (Wildman–Crippen LogP) is 2.82. The van der Waals surface area contributed by atoms with Crippen LogP contribution in [-0.2, 0) is 6.54 Å². The van der Waals surface area contributed by atoms with Crippen LogP contribution in [0.2, 0.25) is 0 Å². The fourth-order valence-electron chi connectivity index (χ4n) is 2.90. The summed E-state index contributed by atoms with van der Waals surface area (Å²) in [5.41, 5.74) is 3.25. The SMILES string of the molecule is Cc1ccc(CN(C)CC2(C)CCNCC2)cc1. The second kappa shape index (κ2) is 5.85. The molecule has 0 aliphatic carbocycles. The zero-order valence-electron chi connectivity index (χ0n) is 12.0. The van der Waals surface area contributed by atoms with Crippen LogP contribution in [0.5, 0.6) is 0 Å². The van der Waals surface area contributed by atoms with Crippen molar-refractivity contribution in [2.45, 2.75) is 33.2 Å². The van der Waals surface area contributed by atoms with Crippen molar-refractivity contribution >= 4 is 0 Å². The Hall–Kier alpha value is -0.860. The van der Waals surface area contributed by atoms with Gasteiger partial charge in [0.05, 0.1) is 0 Å². The summed E-state index contributed by atoms with van der Waals surface area (Å²) in [6, 6.07) is 8.90. The third-order valence-electron chi connectivity index (χ3n) is 4.04. The van der Waals surface area contributed by atoms with Gasteiger partial charge in [-0.2, -0.15) is 0 Å². The number of nitrogens with one attached hydrogen (secondary N) is 1. The second-order valence-corrected chi connectivity index (χ2v) is 6.22. The molecule has 1 aliphatic heterocycles. The summed E-state index contributed by atoms with van der Waals surface area (Å²) >= 11 is 0. The number of hydrogen-bond donors (Lipinski definition) is 1. The van der Waals surface area contributed by atoms with Gasteiger partial charge in [0.15, 0.2) is 0 Å². The summed E-state index contributed by atoms with van der Waals surface area (Å²) in [5.74, 6) is 0.